The Balaban J connectivity index is 1.74. The lowest BCUT2D eigenvalue weighted by Gasteiger charge is -2.32. The summed E-state index contributed by atoms with van der Waals surface area (Å²) in [7, 11) is 0. The maximum Gasteiger partial charge on any atom is 0.333 e. The van der Waals surface area contributed by atoms with Gasteiger partial charge in [-0.2, -0.15) is 0 Å². The van der Waals surface area contributed by atoms with Crippen LogP contribution in [0.1, 0.15) is 26.7 Å². The molecule has 6 heteroatoms. The Morgan fingerprint density at radius 2 is 1.70 bits per heavy atom. The molecule has 2 heterocycles. The van der Waals surface area contributed by atoms with E-state index < -0.39 is 6.04 Å². The highest BCUT2D eigenvalue weighted by molar-refractivity contribution is 6.13. The average Bonchev–Trinajstić information content (AvgIpc) is 2.74. The zero-order valence-electron chi connectivity index (χ0n) is 13.5. The summed E-state index contributed by atoms with van der Waals surface area (Å²) in [5.74, 6) is 0.141. The standard InChI is InChI=1S/C17H22FN3O2/c1-12-7-9-19(10-8-12)11-20-16(22)13(2)21(17(20)23)15-5-3-14(18)4-6-15/h3-6,12-13H,7-11H2,1-2H3. The van der Waals surface area contributed by atoms with Crippen molar-refractivity contribution in [3.05, 3.63) is 30.1 Å². The van der Waals surface area contributed by atoms with Crippen LogP contribution in [0, 0.1) is 11.7 Å². The van der Waals surface area contributed by atoms with Gasteiger partial charge in [0.15, 0.2) is 0 Å². The van der Waals surface area contributed by atoms with Gasteiger partial charge in [0.2, 0.25) is 0 Å². The fourth-order valence-corrected chi connectivity index (χ4v) is 3.20. The summed E-state index contributed by atoms with van der Waals surface area (Å²) in [4.78, 5) is 30.0. The van der Waals surface area contributed by atoms with E-state index >= 15 is 0 Å². The molecule has 23 heavy (non-hydrogen) atoms. The molecule has 0 saturated carbocycles. The van der Waals surface area contributed by atoms with E-state index in [4.69, 9.17) is 0 Å². The van der Waals surface area contributed by atoms with Gasteiger partial charge in [0, 0.05) is 18.8 Å². The summed E-state index contributed by atoms with van der Waals surface area (Å²) in [6.07, 6.45) is 2.18. The van der Waals surface area contributed by atoms with E-state index in [0.29, 0.717) is 18.3 Å². The first-order valence-corrected chi connectivity index (χ1v) is 8.10. The Morgan fingerprint density at radius 1 is 1.09 bits per heavy atom. The van der Waals surface area contributed by atoms with E-state index in [-0.39, 0.29) is 17.8 Å². The van der Waals surface area contributed by atoms with Crippen LogP contribution >= 0.6 is 0 Å². The van der Waals surface area contributed by atoms with E-state index in [1.54, 1.807) is 6.92 Å². The van der Waals surface area contributed by atoms with Crippen LogP contribution in [0.4, 0.5) is 14.9 Å². The second-order valence-corrected chi connectivity index (χ2v) is 6.51. The van der Waals surface area contributed by atoms with E-state index in [1.807, 2.05) is 0 Å². The first-order valence-electron chi connectivity index (χ1n) is 8.10. The summed E-state index contributed by atoms with van der Waals surface area (Å²) >= 11 is 0. The molecule has 1 aromatic carbocycles. The molecule has 5 nitrogen and oxygen atoms in total. The monoisotopic (exact) mass is 319 g/mol. The van der Waals surface area contributed by atoms with Crippen LogP contribution in [-0.2, 0) is 4.79 Å². The summed E-state index contributed by atoms with van der Waals surface area (Å²) in [6, 6.07) is 4.78. The van der Waals surface area contributed by atoms with Gasteiger partial charge in [-0.15, -0.1) is 0 Å². The fourth-order valence-electron chi connectivity index (χ4n) is 3.20. The number of halogens is 1. The van der Waals surface area contributed by atoms with E-state index in [1.165, 1.54) is 34.1 Å². The summed E-state index contributed by atoms with van der Waals surface area (Å²) in [6.45, 7) is 6.09. The van der Waals surface area contributed by atoms with Crippen molar-refractivity contribution >= 4 is 17.6 Å². The first kappa shape index (κ1) is 15.9. The highest BCUT2D eigenvalue weighted by Gasteiger charge is 2.43. The summed E-state index contributed by atoms with van der Waals surface area (Å²) < 4.78 is 13.1. The van der Waals surface area contributed by atoms with Crippen molar-refractivity contribution in [1.29, 1.82) is 0 Å². The van der Waals surface area contributed by atoms with E-state index in [9.17, 15) is 14.0 Å². The van der Waals surface area contributed by atoms with Crippen LogP contribution in [0.2, 0.25) is 0 Å². The molecule has 2 aliphatic rings. The van der Waals surface area contributed by atoms with Gasteiger partial charge in [-0.05, 0) is 49.9 Å². The van der Waals surface area contributed by atoms with Crippen LogP contribution in [-0.4, -0.2) is 47.5 Å². The van der Waals surface area contributed by atoms with Gasteiger partial charge in [-0.3, -0.25) is 14.6 Å². The molecule has 124 valence electrons. The van der Waals surface area contributed by atoms with Crippen molar-refractivity contribution in [2.24, 2.45) is 5.92 Å². The number of likely N-dealkylation sites (tertiary alicyclic amines) is 1. The molecule has 0 N–H and O–H groups in total. The SMILES string of the molecule is CC1CCN(CN2C(=O)C(C)N(c3ccc(F)cc3)C2=O)CC1. The van der Waals surface area contributed by atoms with Crippen molar-refractivity contribution in [2.45, 2.75) is 32.7 Å². The zero-order valence-corrected chi connectivity index (χ0v) is 13.5. The van der Waals surface area contributed by atoms with Crippen molar-refractivity contribution in [2.75, 3.05) is 24.7 Å². The van der Waals surface area contributed by atoms with Crippen LogP contribution in [0.25, 0.3) is 0 Å². The number of carbonyl (C=O) groups is 2. The van der Waals surface area contributed by atoms with Gasteiger partial charge in [0.25, 0.3) is 5.91 Å². The minimum Gasteiger partial charge on any atom is -0.285 e. The number of hydrogen-bond donors (Lipinski definition) is 0. The molecule has 1 unspecified atom stereocenters. The molecule has 0 radical (unpaired) electrons. The molecule has 2 saturated heterocycles. The number of hydrogen-bond acceptors (Lipinski definition) is 3. The molecule has 0 spiro atoms. The number of benzene rings is 1. The average molecular weight is 319 g/mol. The second-order valence-electron chi connectivity index (χ2n) is 6.51. The number of amides is 3. The fraction of sp³-hybridized carbons (Fsp3) is 0.529. The maximum atomic E-state index is 13.1. The zero-order chi connectivity index (χ0) is 16.6. The van der Waals surface area contributed by atoms with Crippen LogP contribution in [0.5, 0.6) is 0 Å². The lowest BCUT2D eigenvalue weighted by Crippen LogP contribution is -2.45. The maximum absolute atomic E-state index is 13.1. The third-order valence-electron chi connectivity index (χ3n) is 4.77. The number of imide groups is 1. The van der Waals surface area contributed by atoms with Gasteiger partial charge in [0.1, 0.15) is 11.9 Å². The minimum absolute atomic E-state index is 0.196. The molecular weight excluding hydrogens is 297 g/mol. The molecule has 1 aromatic rings. The normalized spacial score (nSPS) is 23.9. The predicted octanol–water partition coefficient (Wildman–Crippen LogP) is 2.67. The Labute approximate surface area is 135 Å². The smallest absolute Gasteiger partial charge is 0.285 e. The van der Waals surface area contributed by atoms with Gasteiger partial charge in [-0.25, -0.2) is 14.1 Å². The third-order valence-corrected chi connectivity index (χ3v) is 4.77. The molecule has 0 aliphatic carbocycles. The number of urea groups is 1. The molecule has 0 aromatic heterocycles. The topological polar surface area (TPSA) is 43.9 Å². The van der Waals surface area contributed by atoms with Gasteiger partial charge < -0.3 is 0 Å². The highest BCUT2D eigenvalue weighted by atomic mass is 19.1. The van der Waals surface area contributed by atoms with E-state index in [0.717, 1.165) is 25.9 Å². The second kappa shape index (κ2) is 6.28. The number of nitrogens with zero attached hydrogens (tertiary/aromatic N) is 3. The third kappa shape index (κ3) is 3.08. The van der Waals surface area contributed by atoms with Crippen molar-refractivity contribution in [3.63, 3.8) is 0 Å². The summed E-state index contributed by atoms with van der Waals surface area (Å²) in [5.41, 5.74) is 0.548. The highest BCUT2D eigenvalue weighted by Crippen LogP contribution is 2.27. The minimum atomic E-state index is -0.559. The van der Waals surface area contributed by atoms with Gasteiger partial charge >= 0.3 is 6.03 Å². The number of rotatable bonds is 3. The molecule has 1 atom stereocenters. The Kier molecular flexibility index (Phi) is 4.35. The molecule has 2 aliphatic heterocycles. The number of carbonyl (C=O) groups excluding carboxylic acids is 2. The number of anilines is 1. The van der Waals surface area contributed by atoms with Crippen molar-refractivity contribution in [3.8, 4) is 0 Å². The van der Waals surface area contributed by atoms with Crippen molar-refractivity contribution < 1.29 is 14.0 Å². The lowest BCUT2D eigenvalue weighted by molar-refractivity contribution is -0.128. The molecule has 3 rings (SSSR count). The van der Waals surface area contributed by atoms with Crippen LogP contribution in [0.15, 0.2) is 24.3 Å². The summed E-state index contributed by atoms with van der Waals surface area (Å²) in [5, 5.41) is 0. The van der Waals surface area contributed by atoms with Gasteiger partial charge in [0.05, 0.1) is 6.67 Å². The molecule has 3 amide bonds. The van der Waals surface area contributed by atoms with Crippen molar-refractivity contribution in [1.82, 2.24) is 9.80 Å². The predicted molar refractivity (Wildman–Crippen MR) is 85.4 cm³/mol. The first-order chi connectivity index (χ1) is 11.0. The Morgan fingerprint density at radius 3 is 2.30 bits per heavy atom. The molecule has 2 fully saturated rings. The molecule has 0 bridgehead atoms. The van der Waals surface area contributed by atoms with Gasteiger partial charge in [-0.1, -0.05) is 6.92 Å². The Hall–Kier alpha value is -1.95. The van der Waals surface area contributed by atoms with Crippen LogP contribution in [0.3, 0.4) is 0 Å². The Bertz CT molecular complexity index is 596. The molecular formula is C17H22FN3O2. The largest absolute Gasteiger partial charge is 0.333 e. The quantitative estimate of drug-likeness (QED) is 0.805. The lowest BCUT2D eigenvalue weighted by atomic mass is 10.00. The van der Waals surface area contributed by atoms with Crippen LogP contribution < -0.4 is 4.90 Å². The number of piperidine rings is 1. The van der Waals surface area contributed by atoms with E-state index in [2.05, 4.69) is 11.8 Å².